The van der Waals surface area contributed by atoms with Crippen molar-refractivity contribution >= 4 is 19.8 Å². The van der Waals surface area contributed by atoms with E-state index in [1.54, 1.807) is 0 Å². The number of hydrogen-bond acceptors (Lipinski definition) is 8. The van der Waals surface area contributed by atoms with Crippen molar-refractivity contribution in [3.8, 4) is 0 Å². The second-order valence-electron chi connectivity index (χ2n) is 24.1. The zero-order valence-corrected chi connectivity index (χ0v) is 53.8. The minimum atomic E-state index is -4.39. The first-order valence-electron chi connectivity index (χ1n) is 35.2. The fourth-order valence-electron chi connectivity index (χ4n) is 10.9. The van der Waals surface area contributed by atoms with Crippen molar-refractivity contribution in [2.75, 3.05) is 26.4 Å². The van der Waals surface area contributed by atoms with Gasteiger partial charge in [-0.05, 0) is 38.5 Å². The minimum absolute atomic E-state index is 0.0565. The number of nitrogens with two attached hydrogens (primary N) is 1. The summed E-state index contributed by atoms with van der Waals surface area (Å²) in [5.41, 5.74) is 5.39. The number of phosphoric acid groups is 1. The van der Waals surface area contributed by atoms with E-state index < -0.39 is 26.5 Å². The Kier molecular flexibility index (Phi) is 64.9. The summed E-state index contributed by atoms with van der Waals surface area (Å²) in [6, 6.07) is 0. The molecule has 0 aromatic heterocycles. The number of carbonyl (C=O) groups is 2. The van der Waals surface area contributed by atoms with Gasteiger partial charge in [0.15, 0.2) is 6.10 Å². The van der Waals surface area contributed by atoms with Crippen LogP contribution in [0.2, 0.25) is 0 Å². The van der Waals surface area contributed by atoms with Crippen molar-refractivity contribution in [2.24, 2.45) is 5.73 Å². The molecule has 0 radical (unpaired) electrons. The van der Waals surface area contributed by atoms with Gasteiger partial charge in [0.25, 0.3) is 0 Å². The van der Waals surface area contributed by atoms with Gasteiger partial charge in [0.2, 0.25) is 0 Å². The Labute approximate surface area is 491 Å². The van der Waals surface area contributed by atoms with Crippen LogP contribution >= 0.6 is 7.82 Å². The zero-order chi connectivity index (χ0) is 57.3. The molecule has 0 bridgehead atoms. The molecule has 0 rings (SSSR count). The fraction of sp³-hybridized carbons (Fsp3) is 0.942. The van der Waals surface area contributed by atoms with Crippen LogP contribution in [0.1, 0.15) is 386 Å². The number of hydrogen-bond donors (Lipinski definition) is 2. The van der Waals surface area contributed by atoms with Crippen LogP contribution in [0.25, 0.3) is 0 Å². The van der Waals surface area contributed by atoms with Crippen LogP contribution in [0.3, 0.4) is 0 Å². The van der Waals surface area contributed by atoms with E-state index in [-0.39, 0.29) is 38.6 Å². The van der Waals surface area contributed by atoms with Gasteiger partial charge in [-0.25, -0.2) is 4.57 Å². The van der Waals surface area contributed by atoms with Crippen LogP contribution in [0.15, 0.2) is 12.2 Å². The average molecular weight is 1140 g/mol. The van der Waals surface area contributed by atoms with E-state index in [1.165, 1.54) is 315 Å². The summed E-state index contributed by atoms with van der Waals surface area (Å²) in [7, 11) is -4.39. The van der Waals surface area contributed by atoms with E-state index >= 15 is 0 Å². The van der Waals surface area contributed by atoms with Crippen molar-refractivity contribution in [3.63, 3.8) is 0 Å². The maximum Gasteiger partial charge on any atom is 0.472 e. The normalized spacial score (nSPS) is 12.9. The molecule has 0 saturated heterocycles. The van der Waals surface area contributed by atoms with Gasteiger partial charge < -0.3 is 20.1 Å². The maximum absolute atomic E-state index is 12.7. The molecule has 470 valence electrons. The highest BCUT2D eigenvalue weighted by atomic mass is 31.2. The van der Waals surface area contributed by atoms with E-state index in [1.807, 2.05) is 0 Å². The second kappa shape index (κ2) is 65.9. The molecule has 0 amide bonds. The van der Waals surface area contributed by atoms with Crippen molar-refractivity contribution in [2.45, 2.75) is 392 Å². The highest BCUT2D eigenvalue weighted by molar-refractivity contribution is 7.47. The summed E-state index contributed by atoms with van der Waals surface area (Å²) in [6.07, 6.45) is 79.1. The number of rotatable bonds is 68. The standard InChI is InChI=1S/C69H136NO8P/c1-3-5-7-9-11-13-15-17-19-21-23-24-25-26-27-28-29-30-31-32-33-34-35-36-37-38-39-40-41-42-44-45-47-49-51-53-55-57-59-61-68(71)75-65-67(66-77-79(73,74)76-64-63-70)78-69(72)62-60-58-56-54-52-50-48-46-43-22-20-18-16-14-12-10-8-6-4-2/h18,20,67H,3-17,19,21-66,70H2,1-2H3,(H,73,74)/b20-18-. The monoisotopic (exact) mass is 1140 g/mol. The van der Waals surface area contributed by atoms with Crippen molar-refractivity contribution in [3.05, 3.63) is 12.2 Å². The molecule has 2 unspecified atom stereocenters. The third-order valence-electron chi connectivity index (χ3n) is 16.2. The summed E-state index contributed by atoms with van der Waals surface area (Å²) in [4.78, 5) is 35.3. The molecule has 3 N–H and O–H groups in total. The third-order valence-corrected chi connectivity index (χ3v) is 17.1. The summed E-state index contributed by atoms with van der Waals surface area (Å²) < 4.78 is 33.1. The van der Waals surface area contributed by atoms with Gasteiger partial charge in [-0.2, -0.15) is 0 Å². The van der Waals surface area contributed by atoms with Crippen LogP contribution in [0.5, 0.6) is 0 Å². The predicted octanol–water partition coefficient (Wildman–Crippen LogP) is 22.8. The minimum Gasteiger partial charge on any atom is -0.462 e. The molecule has 0 saturated carbocycles. The second-order valence-corrected chi connectivity index (χ2v) is 25.6. The van der Waals surface area contributed by atoms with Crippen molar-refractivity contribution in [1.29, 1.82) is 0 Å². The van der Waals surface area contributed by atoms with Gasteiger partial charge in [-0.15, -0.1) is 0 Å². The Morgan fingerprint density at radius 3 is 0.899 bits per heavy atom. The largest absolute Gasteiger partial charge is 0.472 e. The molecule has 0 aromatic rings. The van der Waals surface area contributed by atoms with Crippen LogP contribution in [-0.4, -0.2) is 49.3 Å². The number of allylic oxidation sites excluding steroid dienone is 2. The van der Waals surface area contributed by atoms with E-state index in [9.17, 15) is 19.0 Å². The number of ether oxygens (including phenoxy) is 2. The Hall–Kier alpha value is -1.25. The number of unbranched alkanes of at least 4 members (excludes halogenated alkanes) is 53. The van der Waals surface area contributed by atoms with E-state index in [0.29, 0.717) is 6.42 Å². The summed E-state index contributed by atoms with van der Waals surface area (Å²) in [5.74, 6) is -0.807. The summed E-state index contributed by atoms with van der Waals surface area (Å²) in [5, 5.41) is 0. The molecule has 0 aliphatic rings. The molecule has 10 heteroatoms. The lowest BCUT2D eigenvalue weighted by molar-refractivity contribution is -0.161. The molecule has 0 heterocycles. The average Bonchev–Trinajstić information content (AvgIpc) is 3.44. The molecule has 9 nitrogen and oxygen atoms in total. The van der Waals surface area contributed by atoms with E-state index in [2.05, 4.69) is 26.0 Å². The predicted molar refractivity (Wildman–Crippen MR) is 340 cm³/mol. The SMILES string of the molecule is CCCCCCCC/C=C\CCCCCCCCCCCC(=O)OC(COC(=O)CCCCCCCCCCCCCCCCCCCCCCCCCCCCCCCCCCCCCCCCC)COP(=O)(O)OCCN. The topological polar surface area (TPSA) is 134 Å². The van der Waals surface area contributed by atoms with Gasteiger partial charge in [-0.1, -0.05) is 347 Å². The van der Waals surface area contributed by atoms with E-state index in [4.69, 9.17) is 24.3 Å². The first-order chi connectivity index (χ1) is 38.8. The molecule has 0 aromatic carbocycles. The smallest absolute Gasteiger partial charge is 0.462 e. The Morgan fingerprint density at radius 2 is 0.620 bits per heavy atom. The number of carbonyl (C=O) groups excluding carboxylic acids is 2. The Bertz CT molecular complexity index is 1300. The molecule has 0 aliphatic carbocycles. The lowest BCUT2D eigenvalue weighted by Crippen LogP contribution is -2.29. The van der Waals surface area contributed by atoms with E-state index in [0.717, 1.165) is 38.5 Å². The van der Waals surface area contributed by atoms with Crippen LogP contribution in [0.4, 0.5) is 0 Å². The molecular weight excluding hydrogens is 1000 g/mol. The van der Waals surface area contributed by atoms with Crippen LogP contribution < -0.4 is 5.73 Å². The van der Waals surface area contributed by atoms with Gasteiger partial charge in [-0.3, -0.25) is 18.6 Å². The maximum atomic E-state index is 12.7. The lowest BCUT2D eigenvalue weighted by atomic mass is 10.0. The molecule has 0 aliphatic heterocycles. The highest BCUT2D eigenvalue weighted by Crippen LogP contribution is 2.43. The van der Waals surface area contributed by atoms with Crippen LogP contribution in [0, 0.1) is 0 Å². The summed E-state index contributed by atoms with van der Waals surface area (Å²) in [6.45, 7) is 3.81. The quantitative estimate of drug-likeness (QED) is 0.0264. The van der Waals surface area contributed by atoms with Crippen LogP contribution in [-0.2, 0) is 32.7 Å². The van der Waals surface area contributed by atoms with Gasteiger partial charge in [0.1, 0.15) is 6.61 Å². The molecular formula is C69H136NO8P. The lowest BCUT2D eigenvalue weighted by Gasteiger charge is -2.19. The first kappa shape index (κ1) is 77.8. The van der Waals surface area contributed by atoms with Crippen molar-refractivity contribution in [1.82, 2.24) is 0 Å². The fourth-order valence-corrected chi connectivity index (χ4v) is 11.7. The summed E-state index contributed by atoms with van der Waals surface area (Å²) >= 11 is 0. The molecule has 0 fully saturated rings. The molecule has 2 atom stereocenters. The van der Waals surface area contributed by atoms with Crippen molar-refractivity contribution < 1.29 is 37.6 Å². The zero-order valence-electron chi connectivity index (χ0n) is 52.9. The number of phosphoric ester groups is 1. The Morgan fingerprint density at radius 1 is 0.367 bits per heavy atom. The van der Waals surface area contributed by atoms with Gasteiger partial charge >= 0.3 is 19.8 Å². The van der Waals surface area contributed by atoms with Gasteiger partial charge in [0, 0.05) is 19.4 Å². The molecule has 0 spiro atoms. The number of esters is 2. The van der Waals surface area contributed by atoms with Gasteiger partial charge in [0.05, 0.1) is 13.2 Å². The highest BCUT2D eigenvalue weighted by Gasteiger charge is 2.26. The third kappa shape index (κ3) is 65.8. The molecule has 79 heavy (non-hydrogen) atoms. The Balaban J connectivity index is 3.71. The first-order valence-corrected chi connectivity index (χ1v) is 36.7.